The summed E-state index contributed by atoms with van der Waals surface area (Å²) in [5.41, 5.74) is 2.13. The molecule has 0 aliphatic heterocycles. The third-order valence-electron chi connectivity index (χ3n) is 4.17. The zero-order valence-corrected chi connectivity index (χ0v) is 18.1. The van der Waals surface area contributed by atoms with Crippen LogP contribution in [0.1, 0.15) is 15.2 Å². The second-order valence-electron chi connectivity index (χ2n) is 6.11. The van der Waals surface area contributed by atoms with Crippen LogP contribution >= 0.6 is 23.1 Å². The van der Waals surface area contributed by atoms with Gasteiger partial charge in [-0.25, -0.2) is 8.42 Å². The molecule has 28 heavy (non-hydrogen) atoms. The number of carbonyl (C=O) groups is 1. The number of rotatable bonds is 6. The Bertz CT molecular complexity index is 1110. The summed E-state index contributed by atoms with van der Waals surface area (Å²) in [6, 6.07) is 16.1. The number of aryl methyl sites for hydroxylation is 1. The van der Waals surface area contributed by atoms with E-state index in [-0.39, 0.29) is 9.77 Å². The van der Waals surface area contributed by atoms with Crippen LogP contribution in [0.25, 0.3) is 0 Å². The minimum absolute atomic E-state index is 0.0000252. The Morgan fingerprint density at radius 3 is 2.57 bits per heavy atom. The van der Waals surface area contributed by atoms with Crippen LogP contribution in [0.2, 0.25) is 0 Å². The molecule has 0 radical (unpaired) electrons. The Balaban J connectivity index is 1.90. The fraction of sp³-hybridized carbons (Fsp3) is 0.150. The van der Waals surface area contributed by atoms with E-state index in [2.05, 4.69) is 5.32 Å². The van der Waals surface area contributed by atoms with Gasteiger partial charge in [0.05, 0.1) is 5.69 Å². The maximum absolute atomic E-state index is 13.1. The van der Waals surface area contributed by atoms with Crippen molar-refractivity contribution in [3.63, 3.8) is 0 Å². The van der Waals surface area contributed by atoms with Gasteiger partial charge >= 0.3 is 0 Å². The summed E-state index contributed by atoms with van der Waals surface area (Å²) < 4.78 is 27.5. The van der Waals surface area contributed by atoms with Crippen LogP contribution in [0.3, 0.4) is 0 Å². The molecule has 2 aromatic carbocycles. The first-order valence-corrected chi connectivity index (χ1v) is 12.0. The highest BCUT2D eigenvalue weighted by Crippen LogP contribution is 2.29. The lowest BCUT2D eigenvalue weighted by atomic mass is 10.2. The molecule has 0 spiro atoms. The van der Waals surface area contributed by atoms with Crippen molar-refractivity contribution < 1.29 is 13.2 Å². The Morgan fingerprint density at radius 2 is 1.86 bits per heavy atom. The van der Waals surface area contributed by atoms with E-state index >= 15 is 0 Å². The molecule has 0 unspecified atom stereocenters. The van der Waals surface area contributed by atoms with Crippen molar-refractivity contribution in [3.05, 3.63) is 70.4 Å². The lowest BCUT2D eigenvalue weighted by Crippen LogP contribution is -2.28. The van der Waals surface area contributed by atoms with Crippen molar-refractivity contribution in [1.29, 1.82) is 0 Å². The molecule has 3 aromatic rings. The van der Waals surface area contributed by atoms with Crippen LogP contribution in [-0.2, 0) is 10.0 Å². The number of hydrogen-bond acceptors (Lipinski definition) is 5. The number of nitrogens with zero attached hydrogens (tertiary/aromatic N) is 1. The van der Waals surface area contributed by atoms with E-state index in [1.165, 1.54) is 17.4 Å². The van der Waals surface area contributed by atoms with E-state index < -0.39 is 15.9 Å². The normalized spacial score (nSPS) is 11.2. The maximum Gasteiger partial charge on any atom is 0.267 e. The molecule has 1 N–H and O–H groups in total. The Morgan fingerprint density at radius 1 is 1.11 bits per heavy atom. The second kappa shape index (κ2) is 8.38. The highest BCUT2D eigenvalue weighted by molar-refractivity contribution is 7.98. The van der Waals surface area contributed by atoms with E-state index in [1.54, 1.807) is 41.4 Å². The van der Waals surface area contributed by atoms with Gasteiger partial charge in [-0.05, 0) is 60.5 Å². The molecule has 5 nitrogen and oxygen atoms in total. The zero-order valence-electron chi connectivity index (χ0n) is 15.7. The summed E-state index contributed by atoms with van der Waals surface area (Å²) in [6.45, 7) is 1.90. The Hall–Kier alpha value is -2.29. The zero-order chi connectivity index (χ0) is 20.3. The summed E-state index contributed by atoms with van der Waals surface area (Å²) in [5.74, 6) is -0.440. The number of hydrogen-bond donors (Lipinski definition) is 1. The van der Waals surface area contributed by atoms with Crippen LogP contribution in [0.15, 0.2) is 69.8 Å². The molecule has 0 aliphatic rings. The van der Waals surface area contributed by atoms with Gasteiger partial charge in [0.1, 0.15) is 9.77 Å². The SMILES string of the molecule is CSc1cccc(NC(=O)c2sccc2S(=O)(=O)N(C)c2cccc(C)c2)c1. The topological polar surface area (TPSA) is 66.5 Å². The van der Waals surface area contributed by atoms with E-state index in [1.807, 2.05) is 37.4 Å². The fourth-order valence-electron chi connectivity index (χ4n) is 2.66. The van der Waals surface area contributed by atoms with Gasteiger partial charge in [-0.1, -0.05) is 18.2 Å². The average molecular weight is 433 g/mol. The number of carbonyl (C=O) groups excluding carboxylic acids is 1. The van der Waals surface area contributed by atoms with Gasteiger partial charge in [-0.2, -0.15) is 0 Å². The van der Waals surface area contributed by atoms with Crippen LogP contribution in [0.4, 0.5) is 11.4 Å². The van der Waals surface area contributed by atoms with Gasteiger partial charge in [-0.15, -0.1) is 23.1 Å². The molecular formula is C20H20N2O3S3. The number of benzene rings is 2. The van der Waals surface area contributed by atoms with Gasteiger partial charge in [-0.3, -0.25) is 9.10 Å². The van der Waals surface area contributed by atoms with Crippen molar-refractivity contribution in [2.75, 3.05) is 22.9 Å². The molecule has 1 heterocycles. The Labute approximate surface area is 173 Å². The molecule has 0 atom stereocenters. The molecule has 3 rings (SSSR count). The number of amides is 1. The highest BCUT2D eigenvalue weighted by Gasteiger charge is 2.28. The molecule has 0 aliphatic carbocycles. The van der Waals surface area contributed by atoms with Gasteiger partial charge < -0.3 is 5.32 Å². The smallest absolute Gasteiger partial charge is 0.267 e. The largest absolute Gasteiger partial charge is 0.321 e. The van der Waals surface area contributed by atoms with Gasteiger partial charge in [0.25, 0.3) is 15.9 Å². The van der Waals surface area contributed by atoms with Crippen molar-refractivity contribution in [2.24, 2.45) is 0 Å². The molecule has 8 heteroatoms. The van der Waals surface area contributed by atoms with Gasteiger partial charge in [0, 0.05) is 17.6 Å². The maximum atomic E-state index is 13.1. The van der Waals surface area contributed by atoms with Crippen molar-refractivity contribution in [1.82, 2.24) is 0 Å². The number of sulfonamides is 1. The number of nitrogens with one attached hydrogen (secondary N) is 1. The van der Waals surface area contributed by atoms with Crippen LogP contribution in [-0.4, -0.2) is 27.6 Å². The highest BCUT2D eigenvalue weighted by atomic mass is 32.2. The monoisotopic (exact) mass is 432 g/mol. The van der Waals surface area contributed by atoms with Crippen molar-refractivity contribution in [2.45, 2.75) is 16.7 Å². The summed E-state index contributed by atoms with van der Waals surface area (Å²) in [6.07, 6.45) is 1.95. The first-order chi connectivity index (χ1) is 13.3. The molecule has 0 saturated heterocycles. The number of anilines is 2. The summed E-state index contributed by atoms with van der Waals surface area (Å²) >= 11 is 2.67. The molecular weight excluding hydrogens is 412 g/mol. The lowest BCUT2D eigenvalue weighted by molar-refractivity contribution is 0.102. The third kappa shape index (κ3) is 4.24. The summed E-state index contributed by atoms with van der Waals surface area (Å²) in [7, 11) is -2.38. The van der Waals surface area contributed by atoms with Crippen LogP contribution in [0.5, 0.6) is 0 Å². The molecule has 0 saturated carbocycles. The van der Waals surface area contributed by atoms with E-state index in [0.717, 1.165) is 21.8 Å². The van der Waals surface area contributed by atoms with Gasteiger partial charge in [0.2, 0.25) is 0 Å². The molecule has 1 aromatic heterocycles. The quantitative estimate of drug-likeness (QED) is 0.565. The predicted molar refractivity (Wildman–Crippen MR) is 117 cm³/mol. The average Bonchev–Trinajstić information content (AvgIpc) is 3.18. The Kier molecular flexibility index (Phi) is 6.12. The lowest BCUT2D eigenvalue weighted by Gasteiger charge is -2.20. The van der Waals surface area contributed by atoms with Crippen LogP contribution < -0.4 is 9.62 Å². The van der Waals surface area contributed by atoms with Gasteiger partial charge in [0.15, 0.2) is 0 Å². The fourth-order valence-corrected chi connectivity index (χ4v) is 5.61. The van der Waals surface area contributed by atoms with E-state index in [9.17, 15) is 13.2 Å². The standard InChI is InChI=1S/C20H20N2O3S3/c1-14-6-4-8-16(12-14)22(2)28(24,25)18-10-11-27-19(18)20(23)21-15-7-5-9-17(13-15)26-3/h4-13H,1-3H3,(H,21,23). The van der Waals surface area contributed by atoms with E-state index in [4.69, 9.17) is 0 Å². The van der Waals surface area contributed by atoms with Crippen molar-refractivity contribution >= 4 is 50.4 Å². The predicted octanol–water partition coefficient (Wildman–Crippen LogP) is 4.86. The summed E-state index contributed by atoms with van der Waals surface area (Å²) in [5, 5.41) is 4.41. The molecule has 1 amide bonds. The van der Waals surface area contributed by atoms with Crippen LogP contribution in [0, 0.1) is 6.92 Å². The molecule has 0 bridgehead atoms. The number of thiophene rings is 1. The molecule has 0 fully saturated rings. The summed E-state index contributed by atoms with van der Waals surface area (Å²) in [4.78, 5) is 13.9. The molecule has 146 valence electrons. The first-order valence-electron chi connectivity index (χ1n) is 8.41. The third-order valence-corrected chi connectivity index (χ3v) is 7.76. The van der Waals surface area contributed by atoms with E-state index in [0.29, 0.717) is 11.4 Å². The minimum Gasteiger partial charge on any atom is -0.321 e. The number of thioether (sulfide) groups is 1. The minimum atomic E-state index is -3.87. The van der Waals surface area contributed by atoms with Crippen molar-refractivity contribution in [3.8, 4) is 0 Å². The first kappa shape index (κ1) is 20.4. The second-order valence-corrected chi connectivity index (χ2v) is 9.85.